The number of carbonyl (C=O) groups is 1. The predicted molar refractivity (Wildman–Crippen MR) is 110 cm³/mol. The van der Waals surface area contributed by atoms with Crippen molar-refractivity contribution in [2.75, 3.05) is 12.9 Å². The quantitative estimate of drug-likeness (QED) is 0.788. The molecular formula is C19H17BrN4O2S. The van der Waals surface area contributed by atoms with Gasteiger partial charge < -0.3 is 4.74 Å². The summed E-state index contributed by atoms with van der Waals surface area (Å²) in [6, 6.07) is 13.4. The van der Waals surface area contributed by atoms with E-state index < -0.39 is 6.17 Å². The van der Waals surface area contributed by atoms with E-state index >= 15 is 0 Å². The summed E-state index contributed by atoms with van der Waals surface area (Å²) < 4.78 is 6.15. The number of carbonyl (C=O) groups excluding carboxylic acids is 1. The van der Waals surface area contributed by atoms with E-state index in [1.54, 1.807) is 12.1 Å². The van der Waals surface area contributed by atoms with Crippen LogP contribution in [-0.2, 0) is 4.79 Å². The zero-order valence-electron chi connectivity index (χ0n) is 14.8. The summed E-state index contributed by atoms with van der Waals surface area (Å²) in [5.41, 5.74) is 1.42. The lowest BCUT2D eigenvalue weighted by Crippen LogP contribution is -2.50. The summed E-state index contributed by atoms with van der Waals surface area (Å²) in [6.07, 6.45) is -0.435. The summed E-state index contributed by atoms with van der Waals surface area (Å²) >= 11 is 5.02. The van der Waals surface area contributed by atoms with Gasteiger partial charge in [0.1, 0.15) is 11.4 Å². The van der Waals surface area contributed by atoms with Crippen molar-refractivity contribution in [3.63, 3.8) is 0 Å². The highest BCUT2D eigenvalue weighted by Gasteiger charge is 2.34. The van der Waals surface area contributed by atoms with Crippen molar-refractivity contribution in [2.24, 2.45) is 10.1 Å². The maximum atomic E-state index is 12.9. The summed E-state index contributed by atoms with van der Waals surface area (Å²) in [4.78, 5) is 17.7. The van der Waals surface area contributed by atoms with Gasteiger partial charge in [0.25, 0.3) is 5.91 Å². The van der Waals surface area contributed by atoms with Crippen LogP contribution in [0.15, 0.2) is 57.0 Å². The number of methoxy groups -OCH3 is 1. The van der Waals surface area contributed by atoms with Crippen LogP contribution in [0.4, 0.5) is 0 Å². The average Bonchev–Trinajstić information content (AvgIpc) is 2.67. The Morgan fingerprint density at radius 2 is 2.11 bits per heavy atom. The van der Waals surface area contributed by atoms with Crippen LogP contribution in [0, 0.1) is 0 Å². The molecule has 1 atom stereocenters. The molecule has 0 bridgehead atoms. The Hall–Kier alpha value is -2.32. The minimum absolute atomic E-state index is 0.166. The molecule has 1 amide bonds. The average molecular weight is 445 g/mol. The summed E-state index contributed by atoms with van der Waals surface area (Å²) in [6.45, 7) is 2.02. The largest absolute Gasteiger partial charge is 0.496 e. The monoisotopic (exact) mass is 444 g/mol. The minimum Gasteiger partial charge on any atom is -0.496 e. The lowest BCUT2D eigenvalue weighted by atomic mass is 10.1. The molecule has 6 nitrogen and oxygen atoms in total. The van der Waals surface area contributed by atoms with Gasteiger partial charge in [-0.1, -0.05) is 43.0 Å². The fourth-order valence-electron chi connectivity index (χ4n) is 3.09. The lowest BCUT2D eigenvalue weighted by Gasteiger charge is -2.34. The molecule has 2 aliphatic heterocycles. The maximum absolute atomic E-state index is 12.9. The number of benzene rings is 2. The van der Waals surface area contributed by atoms with Crippen LogP contribution in [0.5, 0.6) is 5.75 Å². The van der Waals surface area contributed by atoms with Crippen LogP contribution in [0.3, 0.4) is 0 Å². The van der Waals surface area contributed by atoms with Crippen molar-refractivity contribution < 1.29 is 9.53 Å². The Morgan fingerprint density at radius 1 is 1.30 bits per heavy atom. The van der Waals surface area contributed by atoms with Gasteiger partial charge in [-0.05, 0) is 45.4 Å². The van der Waals surface area contributed by atoms with Gasteiger partial charge in [-0.3, -0.25) is 15.1 Å². The number of hydrogen-bond acceptors (Lipinski definition) is 6. The molecule has 2 aromatic carbocycles. The molecule has 0 saturated carbocycles. The molecule has 0 unspecified atom stereocenters. The standard InChI is InChI=1S/C19H17BrN4O2S/c1-3-27-19-22-18(25)16-12-6-4-5-7-14(12)21-17(24(16)23-19)11-8-9-15(26-2)13(20)10-11/h4-10,17H,3H2,1-2H3,(H,22,23,25)/t17-/m1/s1. The number of halogens is 1. The predicted octanol–water partition coefficient (Wildman–Crippen LogP) is 2.35. The highest BCUT2D eigenvalue weighted by molar-refractivity contribution is 9.10. The molecule has 2 aromatic rings. The second-order valence-electron chi connectivity index (χ2n) is 5.90. The Labute approximate surface area is 169 Å². The Balaban J connectivity index is 1.92. The van der Waals surface area contributed by atoms with Gasteiger partial charge in [-0.15, -0.1) is 5.10 Å². The number of para-hydroxylation sites is 1. The van der Waals surface area contributed by atoms with Crippen molar-refractivity contribution in [1.29, 1.82) is 0 Å². The number of ether oxygens (including phenoxy) is 1. The summed E-state index contributed by atoms with van der Waals surface area (Å²) in [5, 5.41) is 11.4. The van der Waals surface area contributed by atoms with E-state index in [0.29, 0.717) is 10.9 Å². The van der Waals surface area contributed by atoms with Gasteiger partial charge >= 0.3 is 0 Å². The minimum atomic E-state index is -0.435. The van der Waals surface area contributed by atoms with Crippen LogP contribution in [0.2, 0.25) is 0 Å². The molecule has 0 radical (unpaired) electrons. The zero-order valence-corrected chi connectivity index (χ0v) is 17.2. The number of thioether (sulfide) groups is 1. The van der Waals surface area contributed by atoms with Crippen molar-refractivity contribution in [3.05, 3.63) is 63.1 Å². The molecule has 138 valence electrons. The highest BCUT2D eigenvalue weighted by Crippen LogP contribution is 2.34. The molecule has 0 fully saturated rings. The highest BCUT2D eigenvalue weighted by atomic mass is 79.9. The third-order valence-electron chi connectivity index (χ3n) is 4.27. The molecular weight excluding hydrogens is 428 g/mol. The third-order valence-corrected chi connectivity index (χ3v) is 5.64. The molecule has 4 rings (SSSR count). The van der Waals surface area contributed by atoms with E-state index in [1.807, 2.05) is 49.4 Å². The van der Waals surface area contributed by atoms with Crippen LogP contribution in [-0.4, -0.2) is 28.9 Å². The Kier molecular flexibility index (Phi) is 4.92. The molecule has 0 saturated heterocycles. The van der Waals surface area contributed by atoms with Gasteiger partial charge in [0.15, 0.2) is 11.3 Å². The first-order chi connectivity index (χ1) is 13.1. The van der Waals surface area contributed by atoms with E-state index in [1.165, 1.54) is 11.8 Å². The SMILES string of the molecule is CCSC1=NN2C(=c3ccccc3=N[C@H]2c2ccc(OC)c(Br)c2)C(=O)N1. The number of amides is 1. The van der Waals surface area contributed by atoms with E-state index in [9.17, 15) is 4.79 Å². The molecule has 1 N–H and O–H groups in total. The number of amidine groups is 1. The maximum Gasteiger partial charge on any atom is 0.276 e. The summed E-state index contributed by atoms with van der Waals surface area (Å²) in [7, 11) is 1.63. The number of nitrogens with one attached hydrogen (secondary N) is 1. The fourth-order valence-corrected chi connectivity index (χ4v) is 4.23. The second kappa shape index (κ2) is 7.36. The molecule has 8 heteroatoms. The Morgan fingerprint density at radius 3 is 2.85 bits per heavy atom. The van der Waals surface area contributed by atoms with Gasteiger partial charge in [-0.2, -0.15) is 0 Å². The van der Waals surface area contributed by atoms with Gasteiger partial charge in [-0.25, -0.2) is 5.01 Å². The van der Waals surface area contributed by atoms with Gasteiger partial charge in [0.05, 0.1) is 16.9 Å². The van der Waals surface area contributed by atoms with Crippen molar-refractivity contribution in [2.45, 2.75) is 13.1 Å². The van der Waals surface area contributed by atoms with E-state index in [-0.39, 0.29) is 5.91 Å². The van der Waals surface area contributed by atoms with Crippen LogP contribution >= 0.6 is 27.7 Å². The normalized spacial score (nSPS) is 18.1. The van der Waals surface area contributed by atoms with E-state index in [2.05, 4.69) is 26.3 Å². The third kappa shape index (κ3) is 3.23. The molecule has 0 aliphatic carbocycles. The second-order valence-corrected chi connectivity index (χ2v) is 8.01. The van der Waals surface area contributed by atoms with Gasteiger partial charge in [0, 0.05) is 5.22 Å². The van der Waals surface area contributed by atoms with Gasteiger partial charge in [0.2, 0.25) is 0 Å². The molecule has 0 spiro atoms. The lowest BCUT2D eigenvalue weighted by molar-refractivity contribution is -0.116. The van der Waals surface area contributed by atoms with E-state index in [4.69, 9.17) is 9.73 Å². The number of hydrogen-bond donors (Lipinski definition) is 1. The first kappa shape index (κ1) is 18.1. The molecule has 2 heterocycles. The summed E-state index contributed by atoms with van der Waals surface area (Å²) in [5.74, 6) is 1.39. The van der Waals surface area contributed by atoms with E-state index in [0.717, 1.165) is 32.1 Å². The zero-order chi connectivity index (χ0) is 19.0. The van der Waals surface area contributed by atoms with Crippen molar-refractivity contribution >= 4 is 44.5 Å². The smallest absolute Gasteiger partial charge is 0.276 e. The number of hydrazone groups is 1. The number of nitrogens with zero attached hydrogens (tertiary/aromatic N) is 3. The first-order valence-corrected chi connectivity index (χ1v) is 10.2. The molecule has 27 heavy (non-hydrogen) atoms. The van der Waals surface area contributed by atoms with Crippen LogP contribution in [0.1, 0.15) is 18.7 Å². The number of fused-ring (bicyclic) bond motifs is 2. The first-order valence-electron chi connectivity index (χ1n) is 8.45. The van der Waals surface area contributed by atoms with Crippen molar-refractivity contribution in [3.8, 4) is 5.75 Å². The topological polar surface area (TPSA) is 66.3 Å². The fraction of sp³-hybridized carbons (Fsp3) is 0.211. The van der Waals surface area contributed by atoms with Crippen LogP contribution < -0.4 is 20.6 Å². The molecule has 0 aromatic heterocycles. The Bertz CT molecular complexity index is 1070. The van der Waals surface area contributed by atoms with Crippen molar-refractivity contribution in [1.82, 2.24) is 10.3 Å². The van der Waals surface area contributed by atoms with Crippen LogP contribution in [0.25, 0.3) is 5.70 Å². The number of rotatable bonds is 3. The molecule has 2 aliphatic rings.